The molecule has 2 aromatic rings. The molecule has 7 nitrogen and oxygen atoms in total. The van der Waals surface area contributed by atoms with Gasteiger partial charge in [-0.15, -0.1) is 0 Å². The van der Waals surface area contributed by atoms with Gasteiger partial charge in [0, 0.05) is 51.3 Å². The van der Waals surface area contributed by atoms with Gasteiger partial charge in [0.2, 0.25) is 17.7 Å². The molecule has 0 aliphatic carbocycles. The Morgan fingerprint density at radius 3 is 2.29 bits per heavy atom. The Bertz CT molecular complexity index is 993. The molecular formula is C28H36N4O3. The van der Waals surface area contributed by atoms with Crippen molar-refractivity contribution in [2.75, 3.05) is 37.6 Å². The number of amides is 3. The summed E-state index contributed by atoms with van der Waals surface area (Å²) in [6, 6.07) is 18.3. The van der Waals surface area contributed by atoms with Gasteiger partial charge in [0.1, 0.15) is 0 Å². The van der Waals surface area contributed by atoms with Crippen molar-refractivity contribution < 1.29 is 14.4 Å². The van der Waals surface area contributed by atoms with Gasteiger partial charge < -0.3 is 15.5 Å². The van der Waals surface area contributed by atoms with E-state index < -0.39 is 0 Å². The van der Waals surface area contributed by atoms with Crippen molar-refractivity contribution in [1.29, 1.82) is 0 Å². The fourth-order valence-corrected chi connectivity index (χ4v) is 4.95. The van der Waals surface area contributed by atoms with E-state index in [1.54, 1.807) is 0 Å². The van der Waals surface area contributed by atoms with Crippen molar-refractivity contribution in [3.05, 3.63) is 65.7 Å². The van der Waals surface area contributed by atoms with E-state index in [0.717, 1.165) is 43.5 Å². The van der Waals surface area contributed by atoms with Crippen molar-refractivity contribution in [1.82, 2.24) is 15.5 Å². The number of carbonyl (C=O) groups is 3. The Labute approximate surface area is 207 Å². The average molecular weight is 477 g/mol. The van der Waals surface area contributed by atoms with Crippen LogP contribution in [0.15, 0.2) is 54.6 Å². The zero-order chi connectivity index (χ0) is 24.5. The summed E-state index contributed by atoms with van der Waals surface area (Å²) in [7, 11) is 0. The fourth-order valence-electron chi connectivity index (χ4n) is 4.95. The molecule has 2 N–H and O–H groups in total. The highest BCUT2D eigenvalue weighted by Crippen LogP contribution is 2.25. The van der Waals surface area contributed by atoms with Gasteiger partial charge in [-0.3, -0.25) is 19.3 Å². The van der Waals surface area contributed by atoms with Gasteiger partial charge in [0.05, 0.1) is 6.54 Å². The van der Waals surface area contributed by atoms with Gasteiger partial charge in [-0.25, -0.2) is 0 Å². The predicted molar refractivity (Wildman–Crippen MR) is 137 cm³/mol. The first-order valence-electron chi connectivity index (χ1n) is 12.8. The molecule has 2 heterocycles. The Balaban J connectivity index is 1.37. The number of nitrogens with zero attached hydrogens (tertiary/aromatic N) is 2. The van der Waals surface area contributed by atoms with Crippen molar-refractivity contribution in [3.63, 3.8) is 0 Å². The molecule has 1 unspecified atom stereocenters. The summed E-state index contributed by atoms with van der Waals surface area (Å²) < 4.78 is 0. The van der Waals surface area contributed by atoms with Crippen LogP contribution in [0.3, 0.4) is 0 Å². The summed E-state index contributed by atoms with van der Waals surface area (Å²) in [6.07, 6.45) is 4.38. The van der Waals surface area contributed by atoms with E-state index in [2.05, 4.69) is 27.7 Å². The fraction of sp³-hybridized carbons (Fsp3) is 0.464. The summed E-state index contributed by atoms with van der Waals surface area (Å²) in [6.45, 7) is 3.64. The molecule has 3 amide bonds. The summed E-state index contributed by atoms with van der Waals surface area (Å²) in [4.78, 5) is 41.1. The maximum absolute atomic E-state index is 12.7. The SMILES string of the molecule is O=C1CCC(c2ccccc2)CCNC(=O)CN(Cc2ccc(N3CCCC3=O)cc2)CCCN1. The minimum absolute atomic E-state index is 0.0252. The molecule has 0 aromatic heterocycles. The lowest BCUT2D eigenvalue weighted by Gasteiger charge is -2.24. The van der Waals surface area contributed by atoms with Crippen LogP contribution < -0.4 is 15.5 Å². The lowest BCUT2D eigenvalue weighted by molar-refractivity contribution is -0.123. The van der Waals surface area contributed by atoms with Crippen LogP contribution in [0, 0.1) is 0 Å². The standard InChI is InChI=1S/C28H36N4O3/c33-26-14-11-24(23-6-2-1-3-7-23)15-17-30-27(34)21-31(18-5-16-29-26)20-22-9-12-25(13-10-22)32-19-4-8-28(32)35/h1-3,6-7,9-10,12-13,24H,4-5,8,11,14-21H2,(H,29,33)(H,30,34). The zero-order valence-electron chi connectivity index (χ0n) is 20.4. The number of rotatable bonds is 4. The molecule has 4 rings (SSSR count). The van der Waals surface area contributed by atoms with E-state index in [0.29, 0.717) is 45.6 Å². The quantitative estimate of drug-likeness (QED) is 0.710. The number of carbonyl (C=O) groups excluding carboxylic acids is 3. The summed E-state index contributed by atoms with van der Waals surface area (Å²) in [5, 5.41) is 6.13. The van der Waals surface area contributed by atoms with Crippen molar-refractivity contribution in [2.45, 2.75) is 51.0 Å². The number of hydrogen-bond donors (Lipinski definition) is 2. The molecule has 2 saturated heterocycles. The van der Waals surface area contributed by atoms with Gasteiger partial charge >= 0.3 is 0 Å². The number of nitrogens with one attached hydrogen (secondary N) is 2. The highest BCUT2D eigenvalue weighted by molar-refractivity contribution is 5.95. The lowest BCUT2D eigenvalue weighted by Crippen LogP contribution is -2.39. The Morgan fingerprint density at radius 1 is 0.771 bits per heavy atom. The molecule has 0 spiro atoms. The smallest absolute Gasteiger partial charge is 0.234 e. The first-order valence-corrected chi connectivity index (χ1v) is 12.8. The molecule has 2 aliphatic rings. The second kappa shape index (κ2) is 12.5. The molecule has 186 valence electrons. The molecular weight excluding hydrogens is 440 g/mol. The molecule has 1 atom stereocenters. The van der Waals surface area contributed by atoms with Crippen LogP contribution in [0.4, 0.5) is 5.69 Å². The Hall–Kier alpha value is -3.19. The van der Waals surface area contributed by atoms with E-state index in [1.807, 2.05) is 47.4 Å². The predicted octanol–water partition coefficient (Wildman–Crippen LogP) is 3.21. The zero-order valence-corrected chi connectivity index (χ0v) is 20.4. The number of benzene rings is 2. The molecule has 7 heteroatoms. The van der Waals surface area contributed by atoms with Crippen molar-refractivity contribution in [3.8, 4) is 0 Å². The van der Waals surface area contributed by atoms with Gasteiger partial charge in [-0.2, -0.15) is 0 Å². The first-order chi connectivity index (χ1) is 17.1. The molecule has 0 bridgehead atoms. The van der Waals surface area contributed by atoms with E-state index in [-0.39, 0.29) is 23.6 Å². The third-order valence-electron chi connectivity index (χ3n) is 6.87. The highest BCUT2D eigenvalue weighted by atomic mass is 16.2. The van der Waals surface area contributed by atoms with E-state index in [9.17, 15) is 14.4 Å². The molecule has 0 saturated carbocycles. The summed E-state index contributed by atoms with van der Waals surface area (Å²) in [5.74, 6) is 0.533. The van der Waals surface area contributed by atoms with Crippen LogP contribution >= 0.6 is 0 Å². The van der Waals surface area contributed by atoms with Gasteiger partial charge in [-0.05, 0) is 54.9 Å². The normalized spacial score (nSPS) is 21.3. The largest absolute Gasteiger partial charge is 0.356 e. The number of hydrogen-bond acceptors (Lipinski definition) is 4. The molecule has 35 heavy (non-hydrogen) atoms. The maximum atomic E-state index is 12.7. The van der Waals surface area contributed by atoms with E-state index in [4.69, 9.17) is 0 Å². The van der Waals surface area contributed by atoms with Crippen LogP contribution in [-0.2, 0) is 20.9 Å². The first kappa shape index (κ1) is 24.9. The van der Waals surface area contributed by atoms with Crippen LogP contribution in [0.1, 0.15) is 55.6 Å². The summed E-state index contributed by atoms with van der Waals surface area (Å²) in [5.41, 5.74) is 3.25. The van der Waals surface area contributed by atoms with E-state index >= 15 is 0 Å². The van der Waals surface area contributed by atoms with Crippen LogP contribution in [-0.4, -0.2) is 55.3 Å². The second-order valence-corrected chi connectivity index (χ2v) is 9.51. The number of anilines is 1. The van der Waals surface area contributed by atoms with Crippen molar-refractivity contribution in [2.24, 2.45) is 0 Å². The minimum atomic E-state index is 0.0252. The third-order valence-corrected chi connectivity index (χ3v) is 6.87. The molecule has 2 aliphatic heterocycles. The molecule has 2 fully saturated rings. The van der Waals surface area contributed by atoms with Crippen molar-refractivity contribution >= 4 is 23.4 Å². The third kappa shape index (κ3) is 7.39. The maximum Gasteiger partial charge on any atom is 0.234 e. The lowest BCUT2D eigenvalue weighted by atomic mass is 9.91. The second-order valence-electron chi connectivity index (χ2n) is 9.51. The minimum Gasteiger partial charge on any atom is -0.356 e. The topological polar surface area (TPSA) is 81.8 Å². The average Bonchev–Trinajstić information content (AvgIpc) is 3.30. The van der Waals surface area contributed by atoms with Gasteiger partial charge in [0.15, 0.2) is 0 Å². The van der Waals surface area contributed by atoms with Gasteiger partial charge in [0.25, 0.3) is 0 Å². The Kier molecular flexibility index (Phi) is 8.90. The van der Waals surface area contributed by atoms with Crippen LogP contribution in [0.5, 0.6) is 0 Å². The molecule has 0 radical (unpaired) electrons. The monoisotopic (exact) mass is 476 g/mol. The highest BCUT2D eigenvalue weighted by Gasteiger charge is 2.22. The molecule has 2 aromatic carbocycles. The van der Waals surface area contributed by atoms with Gasteiger partial charge in [-0.1, -0.05) is 42.5 Å². The van der Waals surface area contributed by atoms with Crippen LogP contribution in [0.25, 0.3) is 0 Å². The summed E-state index contributed by atoms with van der Waals surface area (Å²) >= 11 is 0. The van der Waals surface area contributed by atoms with Crippen LogP contribution in [0.2, 0.25) is 0 Å². The Morgan fingerprint density at radius 2 is 1.54 bits per heavy atom. The van der Waals surface area contributed by atoms with E-state index in [1.165, 1.54) is 5.56 Å².